The van der Waals surface area contributed by atoms with Crippen LogP contribution >= 0.6 is 0 Å². The average molecular weight is 485 g/mol. The second kappa shape index (κ2) is 12.2. The predicted octanol–water partition coefficient (Wildman–Crippen LogP) is 5.70. The van der Waals surface area contributed by atoms with E-state index in [-0.39, 0.29) is 11.9 Å². The van der Waals surface area contributed by atoms with Crippen LogP contribution in [0.4, 0.5) is 16.2 Å². The number of rotatable bonds is 9. The molecule has 0 bridgehead atoms. The van der Waals surface area contributed by atoms with Gasteiger partial charge in [-0.2, -0.15) is 0 Å². The van der Waals surface area contributed by atoms with E-state index in [9.17, 15) is 9.59 Å². The van der Waals surface area contributed by atoms with Gasteiger partial charge in [0.25, 0.3) is 5.91 Å². The number of hydrogen-bond donors (Lipinski definition) is 3. The molecule has 0 atom stereocenters. The molecule has 1 saturated heterocycles. The summed E-state index contributed by atoms with van der Waals surface area (Å²) in [6.45, 7) is 7.21. The van der Waals surface area contributed by atoms with E-state index in [1.807, 2.05) is 42.5 Å². The first-order chi connectivity index (χ1) is 17.5. The molecule has 0 unspecified atom stereocenters. The van der Waals surface area contributed by atoms with Gasteiger partial charge in [0.1, 0.15) is 0 Å². The van der Waals surface area contributed by atoms with Gasteiger partial charge in [-0.15, -0.1) is 0 Å². The third-order valence-electron chi connectivity index (χ3n) is 6.60. The molecule has 1 aliphatic rings. The van der Waals surface area contributed by atoms with Gasteiger partial charge in [-0.25, -0.2) is 4.79 Å². The van der Waals surface area contributed by atoms with Crippen molar-refractivity contribution in [2.75, 3.05) is 29.9 Å². The van der Waals surface area contributed by atoms with Crippen LogP contribution in [-0.4, -0.2) is 31.6 Å². The summed E-state index contributed by atoms with van der Waals surface area (Å²) < 4.78 is 0. The highest BCUT2D eigenvalue weighted by atomic mass is 16.2. The van der Waals surface area contributed by atoms with Crippen molar-refractivity contribution in [1.29, 1.82) is 0 Å². The molecule has 6 heteroatoms. The van der Waals surface area contributed by atoms with E-state index in [1.165, 1.54) is 11.1 Å². The number of carbonyl (C=O) groups is 2. The summed E-state index contributed by atoms with van der Waals surface area (Å²) in [7, 11) is 0. The van der Waals surface area contributed by atoms with E-state index in [2.05, 4.69) is 59.0 Å². The Morgan fingerprint density at radius 3 is 2.28 bits per heavy atom. The fourth-order valence-electron chi connectivity index (χ4n) is 4.45. The molecule has 6 nitrogen and oxygen atoms in total. The third kappa shape index (κ3) is 6.87. The highest BCUT2D eigenvalue weighted by molar-refractivity contribution is 5.99. The van der Waals surface area contributed by atoms with Crippen LogP contribution < -0.4 is 20.9 Å². The second-order valence-corrected chi connectivity index (χ2v) is 9.62. The Hall–Kier alpha value is -3.80. The number of anilines is 2. The van der Waals surface area contributed by atoms with Crippen LogP contribution in [-0.2, 0) is 13.0 Å². The fourth-order valence-corrected chi connectivity index (χ4v) is 4.45. The first-order valence-corrected chi connectivity index (χ1v) is 12.8. The minimum atomic E-state index is -0.269. The fraction of sp³-hybridized carbons (Fsp3) is 0.333. The maximum Gasteiger partial charge on any atom is 0.319 e. The first-order valence-electron chi connectivity index (χ1n) is 12.8. The summed E-state index contributed by atoms with van der Waals surface area (Å²) in [5.41, 5.74) is 5.64. The maximum absolute atomic E-state index is 12.9. The topological polar surface area (TPSA) is 73.5 Å². The summed E-state index contributed by atoms with van der Waals surface area (Å²) in [6.07, 6.45) is 3.01. The van der Waals surface area contributed by atoms with Crippen LogP contribution in [0.1, 0.15) is 59.7 Å². The number of nitrogens with zero attached hydrogens (tertiary/aromatic N) is 1. The molecule has 3 aromatic rings. The second-order valence-electron chi connectivity index (χ2n) is 9.62. The summed E-state index contributed by atoms with van der Waals surface area (Å²) in [6, 6.07) is 23.7. The molecular weight excluding hydrogens is 448 g/mol. The van der Waals surface area contributed by atoms with Crippen molar-refractivity contribution in [3.63, 3.8) is 0 Å². The van der Waals surface area contributed by atoms with Crippen LogP contribution in [0.5, 0.6) is 0 Å². The number of urea groups is 1. The van der Waals surface area contributed by atoms with Gasteiger partial charge in [0, 0.05) is 31.7 Å². The van der Waals surface area contributed by atoms with Crippen molar-refractivity contribution >= 4 is 23.3 Å². The van der Waals surface area contributed by atoms with E-state index in [4.69, 9.17) is 0 Å². The SMILES string of the molecule is CC(C)c1ccc(CNC(=O)c2ccc(N3CCCC3)c(NC(=O)NCCc3ccccc3)c2)cc1. The molecule has 0 spiro atoms. The smallest absolute Gasteiger partial charge is 0.319 e. The minimum absolute atomic E-state index is 0.163. The van der Waals surface area contributed by atoms with Crippen LogP contribution in [0, 0.1) is 0 Å². The molecule has 0 aromatic heterocycles. The Morgan fingerprint density at radius 1 is 0.861 bits per heavy atom. The number of carbonyl (C=O) groups excluding carboxylic acids is 2. The number of nitrogens with one attached hydrogen (secondary N) is 3. The summed E-state index contributed by atoms with van der Waals surface area (Å²) in [5, 5.41) is 8.93. The quantitative estimate of drug-likeness (QED) is 0.365. The van der Waals surface area contributed by atoms with E-state index in [0.717, 1.165) is 43.6 Å². The lowest BCUT2D eigenvalue weighted by molar-refractivity contribution is 0.0951. The van der Waals surface area contributed by atoms with Gasteiger partial charge in [0.2, 0.25) is 0 Å². The molecule has 36 heavy (non-hydrogen) atoms. The molecule has 3 aromatic carbocycles. The van der Waals surface area contributed by atoms with Gasteiger partial charge in [0.15, 0.2) is 0 Å². The van der Waals surface area contributed by atoms with Crippen molar-refractivity contribution in [3.8, 4) is 0 Å². The molecule has 3 N–H and O–H groups in total. The Kier molecular flexibility index (Phi) is 8.61. The van der Waals surface area contributed by atoms with Crippen LogP contribution in [0.3, 0.4) is 0 Å². The van der Waals surface area contributed by atoms with E-state index < -0.39 is 0 Å². The normalized spacial score (nSPS) is 13.0. The molecule has 4 rings (SSSR count). The largest absolute Gasteiger partial charge is 0.370 e. The minimum Gasteiger partial charge on any atom is -0.370 e. The summed E-state index contributed by atoms with van der Waals surface area (Å²) in [4.78, 5) is 27.9. The van der Waals surface area contributed by atoms with Gasteiger partial charge in [0.05, 0.1) is 11.4 Å². The van der Waals surface area contributed by atoms with Gasteiger partial charge >= 0.3 is 6.03 Å². The van der Waals surface area contributed by atoms with Gasteiger partial charge in [-0.1, -0.05) is 68.4 Å². The average Bonchev–Trinajstić information content (AvgIpc) is 3.43. The number of benzene rings is 3. The maximum atomic E-state index is 12.9. The molecule has 0 saturated carbocycles. The first kappa shape index (κ1) is 25.3. The lowest BCUT2D eigenvalue weighted by Gasteiger charge is -2.22. The van der Waals surface area contributed by atoms with E-state index in [1.54, 1.807) is 6.07 Å². The van der Waals surface area contributed by atoms with E-state index >= 15 is 0 Å². The number of hydrogen-bond acceptors (Lipinski definition) is 3. The molecule has 188 valence electrons. The molecule has 0 aliphatic carbocycles. The Balaban J connectivity index is 1.40. The standard InChI is InChI=1S/C30H36N4O2/c1-22(2)25-12-10-24(11-13-25)21-32-29(35)26-14-15-28(34-18-6-7-19-34)27(20-26)33-30(36)31-17-16-23-8-4-3-5-9-23/h3-5,8-15,20,22H,6-7,16-19,21H2,1-2H3,(H,32,35)(H2,31,33,36). The van der Waals surface area contributed by atoms with Crippen molar-refractivity contribution in [3.05, 3.63) is 95.1 Å². The summed E-state index contributed by atoms with van der Waals surface area (Å²) in [5.74, 6) is 0.313. The van der Waals surface area contributed by atoms with Crippen LogP contribution in [0.2, 0.25) is 0 Å². The zero-order valence-corrected chi connectivity index (χ0v) is 21.2. The van der Waals surface area contributed by atoms with Gasteiger partial charge in [-0.05, 0) is 60.1 Å². The zero-order chi connectivity index (χ0) is 25.3. The highest BCUT2D eigenvalue weighted by Crippen LogP contribution is 2.30. The molecule has 3 amide bonds. The highest BCUT2D eigenvalue weighted by Gasteiger charge is 2.19. The van der Waals surface area contributed by atoms with Crippen molar-refractivity contribution in [2.24, 2.45) is 0 Å². The zero-order valence-electron chi connectivity index (χ0n) is 21.2. The third-order valence-corrected chi connectivity index (χ3v) is 6.60. The monoisotopic (exact) mass is 484 g/mol. The molecule has 1 aliphatic heterocycles. The Morgan fingerprint density at radius 2 is 1.58 bits per heavy atom. The van der Waals surface area contributed by atoms with Crippen LogP contribution in [0.15, 0.2) is 72.8 Å². The molecular formula is C30H36N4O2. The van der Waals surface area contributed by atoms with Crippen molar-refractivity contribution in [2.45, 2.75) is 45.6 Å². The van der Waals surface area contributed by atoms with Crippen molar-refractivity contribution < 1.29 is 9.59 Å². The van der Waals surface area contributed by atoms with Gasteiger partial charge < -0.3 is 20.9 Å². The van der Waals surface area contributed by atoms with Crippen LogP contribution in [0.25, 0.3) is 0 Å². The molecule has 1 heterocycles. The van der Waals surface area contributed by atoms with Gasteiger partial charge in [-0.3, -0.25) is 4.79 Å². The number of amides is 3. The Bertz CT molecular complexity index is 1150. The molecule has 0 radical (unpaired) electrons. The lowest BCUT2D eigenvalue weighted by atomic mass is 10.0. The lowest BCUT2D eigenvalue weighted by Crippen LogP contribution is -2.31. The summed E-state index contributed by atoms with van der Waals surface area (Å²) >= 11 is 0. The van der Waals surface area contributed by atoms with Crippen molar-refractivity contribution in [1.82, 2.24) is 10.6 Å². The van der Waals surface area contributed by atoms with E-state index in [0.29, 0.717) is 30.3 Å². The Labute approximate surface area is 214 Å². The predicted molar refractivity (Wildman–Crippen MR) is 147 cm³/mol. The molecule has 1 fully saturated rings.